The zero-order valence-corrected chi connectivity index (χ0v) is 15.2. The van der Waals surface area contributed by atoms with Crippen LogP contribution in [0, 0.1) is 0 Å². The monoisotopic (exact) mass is 387 g/mol. The standard InChI is InChI=1S/C16H15Cl2NO4S/c1-19(7-11-4-5-24-10-11)15(20)8-23-16(21)9-22-14-3-2-12(17)6-13(14)18/h2-6,10H,7-9H2,1H3. The highest BCUT2D eigenvalue weighted by atomic mass is 35.5. The van der Waals surface area contributed by atoms with E-state index in [1.807, 2.05) is 16.8 Å². The molecule has 0 aliphatic rings. The molecule has 5 nitrogen and oxygen atoms in total. The van der Waals surface area contributed by atoms with Crippen LogP contribution in [0.5, 0.6) is 5.75 Å². The fourth-order valence-electron chi connectivity index (χ4n) is 1.77. The highest BCUT2D eigenvalue weighted by Gasteiger charge is 2.13. The Morgan fingerprint density at radius 2 is 2.00 bits per heavy atom. The van der Waals surface area contributed by atoms with Gasteiger partial charge in [0.1, 0.15) is 5.75 Å². The van der Waals surface area contributed by atoms with Crippen LogP contribution in [-0.4, -0.2) is 37.0 Å². The molecule has 0 unspecified atom stereocenters. The number of hydrogen-bond donors (Lipinski definition) is 0. The normalized spacial score (nSPS) is 10.3. The van der Waals surface area contributed by atoms with Gasteiger partial charge in [0, 0.05) is 18.6 Å². The number of carbonyl (C=O) groups excluding carboxylic acids is 2. The van der Waals surface area contributed by atoms with Gasteiger partial charge in [0.2, 0.25) is 0 Å². The summed E-state index contributed by atoms with van der Waals surface area (Å²) in [4.78, 5) is 25.1. The van der Waals surface area contributed by atoms with E-state index in [-0.39, 0.29) is 19.1 Å². The number of likely N-dealkylation sites (N-methyl/N-ethyl adjacent to an activating group) is 1. The maximum Gasteiger partial charge on any atom is 0.344 e. The number of esters is 1. The Morgan fingerprint density at radius 1 is 1.21 bits per heavy atom. The van der Waals surface area contributed by atoms with Crippen molar-refractivity contribution < 1.29 is 19.1 Å². The first-order chi connectivity index (χ1) is 11.5. The van der Waals surface area contributed by atoms with E-state index in [2.05, 4.69) is 0 Å². The molecule has 8 heteroatoms. The van der Waals surface area contributed by atoms with Crippen LogP contribution in [0.3, 0.4) is 0 Å². The van der Waals surface area contributed by atoms with Gasteiger partial charge >= 0.3 is 5.97 Å². The smallest absolute Gasteiger partial charge is 0.344 e. The van der Waals surface area contributed by atoms with Crippen molar-refractivity contribution in [2.75, 3.05) is 20.3 Å². The lowest BCUT2D eigenvalue weighted by atomic mass is 10.3. The van der Waals surface area contributed by atoms with Crippen molar-refractivity contribution in [2.24, 2.45) is 0 Å². The first-order valence-electron chi connectivity index (χ1n) is 6.94. The molecule has 128 valence electrons. The average Bonchev–Trinajstić information content (AvgIpc) is 3.04. The summed E-state index contributed by atoms with van der Waals surface area (Å²) in [6, 6.07) is 6.59. The van der Waals surface area contributed by atoms with Crippen LogP contribution < -0.4 is 4.74 Å². The second-order valence-corrected chi connectivity index (χ2v) is 6.53. The van der Waals surface area contributed by atoms with E-state index >= 15 is 0 Å². The number of benzene rings is 1. The van der Waals surface area contributed by atoms with Crippen LogP contribution in [-0.2, 0) is 20.9 Å². The Bertz CT molecular complexity index is 706. The van der Waals surface area contributed by atoms with E-state index < -0.39 is 5.97 Å². The van der Waals surface area contributed by atoms with Gasteiger partial charge in [-0.05, 0) is 40.6 Å². The van der Waals surface area contributed by atoms with Crippen LogP contribution in [0.25, 0.3) is 0 Å². The average molecular weight is 388 g/mol. The minimum absolute atomic E-state index is 0.293. The van der Waals surface area contributed by atoms with Gasteiger partial charge < -0.3 is 14.4 Å². The van der Waals surface area contributed by atoms with Crippen molar-refractivity contribution in [3.8, 4) is 5.75 Å². The summed E-state index contributed by atoms with van der Waals surface area (Å²) in [5, 5.41) is 4.66. The van der Waals surface area contributed by atoms with Gasteiger partial charge in [-0.25, -0.2) is 4.79 Å². The summed E-state index contributed by atoms with van der Waals surface area (Å²) in [6.45, 7) is -0.211. The zero-order valence-electron chi connectivity index (χ0n) is 12.8. The number of amides is 1. The fraction of sp³-hybridized carbons (Fsp3) is 0.250. The summed E-state index contributed by atoms with van der Waals surface area (Å²) in [5.74, 6) is -0.628. The van der Waals surface area contributed by atoms with E-state index in [9.17, 15) is 9.59 Å². The second-order valence-electron chi connectivity index (χ2n) is 4.91. The molecule has 1 aromatic carbocycles. The van der Waals surface area contributed by atoms with E-state index in [0.29, 0.717) is 22.3 Å². The van der Waals surface area contributed by atoms with Gasteiger partial charge in [-0.1, -0.05) is 23.2 Å². The molecule has 0 radical (unpaired) electrons. The number of hydrogen-bond acceptors (Lipinski definition) is 5. The highest BCUT2D eigenvalue weighted by Crippen LogP contribution is 2.27. The molecule has 0 saturated heterocycles. The van der Waals surface area contributed by atoms with Crippen molar-refractivity contribution in [3.05, 3.63) is 50.6 Å². The third kappa shape index (κ3) is 5.70. The lowest BCUT2D eigenvalue weighted by molar-refractivity contribution is -0.153. The van der Waals surface area contributed by atoms with Crippen LogP contribution in [0.2, 0.25) is 10.0 Å². The van der Waals surface area contributed by atoms with Gasteiger partial charge in [0.25, 0.3) is 5.91 Å². The Labute approximate surface area is 153 Å². The topological polar surface area (TPSA) is 55.8 Å². The molecule has 2 rings (SSSR count). The molecule has 0 bridgehead atoms. The molecule has 1 heterocycles. The maximum absolute atomic E-state index is 11.9. The molecule has 24 heavy (non-hydrogen) atoms. The summed E-state index contributed by atoms with van der Waals surface area (Å²) in [7, 11) is 1.65. The summed E-state index contributed by atoms with van der Waals surface area (Å²) in [5.41, 5.74) is 1.03. The molecular formula is C16H15Cl2NO4S. The third-order valence-corrected chi connectivity index (χ3v) is 4.28. The Kier molecular flexibility index (Phi) is 6.90. The van der Waals surface area contributed by atoms with E-state index in [4.69, 9.17) is 32.7 Å². The quantitative estimate of drug-likeness (QED) is 0.680. The van der Waals surface area contributed by atoms with Gasteiger partial charge in [0.05, 0.1) is 5.02 Å². The summed E-state index contributed by atoms with van der Waals surface area (Å²) in [6.07, 6.45) is 0. The van der Waals surface area contributed by atoms with Gasteiger partial charge in [-0.15, -0.1) is 0 Å². The molecule has 0 saturated carbocycles. The van der Waals surface area contributed by atoms with Gasteiger partial charge in [-0.2, -0.15) is 11.3 Å². The molecule has 0 spiro atoms. The first-order valence-corrected chi connectivity index (χ1v) is 8.64. The van der Waals surface area contributed by atoms with Crippen molar-refractivity contribution in [3.63, 3.8) is 0 Å². The lowest BCUT2D eigenvalue weighted by Gasteiger charge is -2.16. The summed E-state index contributed by atoms with van der Waals surface area (Å²) < 4.78 is 10.2. The number of carbonyl (C=O) groups is 2. The third-order valence-electron chi connectivity index (χ3n) is 3.02. The molecule has 2 aromatic rings. The molecule has 1 amide bonds. The van der Waals surface area contributed by atoms with Crippen molar-refractivity contribution >= 4 is 46.4 Å². The molecule has 0 aliphatic heterocycles. The molecule has 0 atom stereocenters. The zero-order chi connectivity index (χ0) is 17.5. The summed E-state index contributed by atoms with van der Waals surface area (Å²) >= 11 is 13.3. The number of ether oxygens (including phenoxy) is 2. The van der Waals surface area contributed by atoms with E-state index in [1.165, 1.54) is 11.0 Å². The minimum Gasteiger partial charge on any atom is -0.480 e. The Balaban J connectivity index is 1.73. The van der Waals surface area contributed by atoms with Crippen LogP contribution >= 0.6 is 34.5 Å². The maximum atomic E-state index is 11.9. The van der Waals surface area contributed by atoms with Crippen LogP contribution in [0.15, 0.2) is 35.0 Å². The first kappa shape index (κ1) is 18.6. The number of nitrogens with zero attached hydrogens (tertiary/aromatic N) is 1. The number of halogens is 2. The lowest BCUT2D eigenvalue weighted by Crippen LogP contribution is -2.31. The van der Waals surface area contributed by atoms with Crippen LogP contribution in [0.1, 0.15) is 5.56 Å². The highest BCUT2D eigenvalue weighted by molar-refractivity contribution is 7.07. The van der Waals surface area contributed by atoms with Crippen molar-refractivity contribution in [2.45, 2.75) is 6.54 Å². The van der Waals surface area contributed by atoms with Crippen LogP contribution in [0.4, 0.5) is 0 Å². The molecule has 0 N–H and O–H groups in total. The number of thiophene rings is 1. The molecule has 1 aromatic heterocycles. The SMILES string of the molecule is CN(Cc1ccsc1)C(=O)COC(=O)COc1ccc(Cl)cc1Cl. The van der Waals surface area contributed by atoms with Crippen molar-refractivity contribution in [1.29, 1.82) is 0 Å². The molecular weight excluding hydrogens is 373 g/mol. The van der Waals surface area contributed by atoms with Gasteiger partial charge in [-0.3, -0.25) is 4.79 Å². The predicted molar refractivity (Wildman–Crippen MR) is 93.7 cm³/mol. The Hall–Kier alpha value is -1.76. The van der Waals surface area contributed by atoms with E-state index in [0.717, 1.165) is 5.56 Å². The fourth-order valence-corrected chi connectivity index (χ4v) is 2.89. The largest absolute Gasteiger partial charge is 0.480 e. The predicted octanol–water partition coefficient (Wildman–Crippen LogP) is 3.64. The number of rotatable bonds is 7. The molecule has 0 fully saturated rings. The minimum atomic E-state index is -0.654. The second kappa shape index (κ2) is 8.92. The van der Waals surface area contributed by atoms with Gasteiger partial charge in [0.15, 0.2) is 13.2 Å². The van der Waals surface area contributed by atoms with E-state index in [1.54, 1.807) is 30.5 Å². The van der Waals surface area contributed by atoms with Crippen molar-refractivity contribution in [1.82, 2.24) is 4.90 Å². The molecule has 0 aliphatic carbocycles. The Morgan fingerprint density at radius 3 is 2.67 bits per heavy atom.